The summed E-state index contributed by atoms with van der Waals surface area (Å²) in [5, 5.41) is 0. The normalized spacial score (nSPS) is 17.4. The Bertz CT molecular complexity index is 320. The van der Waals surface area contributed by atoms with Gasteiger partial charge in [0.1, 0.15) is 11.6 Å². The Morgan fingerprint density at radius 3 is 1.44 bits per heavy atom. The topological polar surface area (TPSA) is 68.3 Å². The number of rotatable bonds is 6. The van der Waals surface area contributed by atoms with Gasteiger partial charge in [-0.1, -0.05) is 6.42 Å². The van der Waals surface area contributed by atoms with Crippen LogP contribution < -0.4 is 0 Å². The molecule has 16 heavy (non-hydrogen) atoms. The lowest BCUT2D eigenvalue weighted by molar-refractivity contribution is -0.148. The average Bonchev–Trinajstić information content (AvgIpc) is 1.97. The quantitative estimate of drug-likeness (QED) is 0.637. The van der Waals surface area contributed by atoms with Crippen LogP contribution in [-0.2, 0) is 19.2 Å². The zero-order valence-electron chi connectivity index (χ0n) is 9.67. The van der Waals surface area contributed by atoms with Crippen LogP contribution >= 0.6 is 0 Å². The van der Waals surface area contributed by atoms with Gasteiger partial charge in [-0.05, 0) is 26.7 Å². The van der Waals surface area contributed by atoms with Gasteiger partial charge < -0.3 is 0 Å². The minimum absolute atomic E-state index is 0.191. The summed E-state index contributed by atoms with van der Waals surface area (Å²) in [7, 11) is 0. The maximum Gasteiger partial charge on any atom is 0.153 e. The number of hydrogen-bond acceptors (Lipinski definition) is 4. The van der Waals surface area contributed by atoms with E-state index < -0.39 is 5.41 Å². The van der Waals surface area contributed by atoms with Gasteiger partial charge in [0, 0.05) is 0 Å². The summed E-state index contributed by atoms with van der Waals surface area (Å²) in [6, 6.07) is 0. The minimum Gasteiger partial charge on any atom is -0.300 e. The summed E-state index contributed by atoms with van der Waals surface area (Å²) >= 11 is 0. The van der Waals surface area contributed by atoms with Crippen molar-refractivity contribution < 1.29 is 19.2 Å². The summed E-state index contributed by atoms with van der Waals surface area (Å²) in [6.45, 7) is 2.67. The van der Waals surface area contributed by atoms with Crippen LogP contribution in [0.1, 0.15) is 46.0 Å². The highest BCUT2D eigenvalue weighted by molar-refractivity contribution is 6.16. The van der Waals surface area contributed by atoms with E-state index in [1.54, 1.807) is 0 Å². The van der Waals surface area contributed by atoms with Gasteiger partial charge in [0.15, 0.2) is 11.6 Å². The van der Waals surface area contributed by atoms with Crippen LogP contribution in [0.5, 0.6) is 0 Å². The molecule has 1 fully saturated rings. The van der Waals surface area contributed by atoms with Gasteiger partial charge in [-0.2, -0.15) is 0 Å². The van der Waals surface area contributed by atoms with E-state index in [1.807, 2.05) is 0 Å². The van der Waals surface area contributed by atoms with E-state index in [-0.39, 0.29) is 36.0 Å². The first-order valence-corrected chi connectivity index (χ1v) is 5.44. The minimum atomic E-state index is -1.02. The van der Waals surface area contributed by atoms with E-state index in [0.29, 0.717) is 12.8 Å². The Balaban J connectivity index is 2.77. The molecule has 0 aromatic heterocycles. The number of carbonyl (C=O) groups excluding carboxylic acids is 4. The van der Waals surface area contributed by atoms with E-state index in [9.17, 15) is 19.2 Å². The summed E-state index contributed by atoms with van der Waals surface area (Å²) in [5.41, 5.74) is -1.02. The largest absolute Gasteiger partial charge is 0.300 e. The molecular formula is C12H16O4. The van der Waals surface area contributed by atoms with Crippen LogP contribution in [0.2, 0.25) is 0 Å². The highest BCUT2D eigenvalue weighted by atomic mass is 16.2. The molecule has 0 spiro atoms. The van der Waals surface area contributed by atoms with Gasteiger partial charge >= 0.3 is 0 Å². The molecule has 0 bridgehead atoms. The monoisotopic (exact) mass is 224 g/mol. The van der Waals surface area contributed by atoms with Crippen molar-refractivity contribution in [3.63, 3.8) is 0 Å². The molecule has 0 atom stereocenters. The molecule has 0 N–H and O–H groups in total. The lowest BCUT2D eigenvalue weighted by Crippen LogP contribution is -2.46. The Labute approximate surface area is 94.4 Å². The molecule has 0 aromatic carbocycles. The standard InChI is InChI=1S/C12H16O4/c1-8(13)6-10(15)12(4-3-5-12)11(16)7-9(2)14/h3-7H2,1-2H3. The van der Waals surface area contributed by atoms with Crippen LogP contribution in [0.3, 0.4) is 0 Å². The van der Waals surface area contributed by atoms with E-state index in [4.69, 9.17) is 0 Å². The summed E-state index contributed by atoms with van der Waals surface area (Å²) in [4.78, 5) is 45.4. The molecule has 0 aromatic rings. The van der Waals surface area contributed by atoms with Crippen molar-refractivity contribution in [2.24, 2.45) is 5.41 Å². The Hall–Kier alpha value is -1.32. The van der Waals surface area contributed by atoms with Crippen molar-refractivity contribution >= 4 is 23.1 Å². The summed E-state index contributed by atoms with van der Waals surface area (Å²) in [6.07, 6.45) is 1.41. The molecule has 0 amide bonds. The zero-order valence-corrected chi connectivity index (χ0v) is 9.67. The van der Waals surface area contributed by atoms with E-state index in [0.717, 1.165) is 6.42 Å². The predicted molar refractivity (Wildman–Crippen MR) is 56.9 cm³/mol. The van der Waals surface area contributed by atoms with Gasteiger partial charge in [0.25, 0.3) is 0 Å². The Kier molecular flexibility index (Phi) is 3.73. The molecular weight excluding hydrogens is 208 g/mol. The fourth-order valence-electron chi connectivity index (χ4n) is 2.03. The van der Waals surface area contributed by atoms with Crippen molar-refractivity contribution in [3.8, 4) is 0 Å². The van der Waals surface area contributed by atoms with Crippen molar-refractivity contribution in [2.75, 3.05) is 0 Å². The lowest BCUT2D eigenvalue weighted by Gasteiger charge is -2.38. The van der Waals surface area contributed by atoms with Gasteiger partial charge in [0.05, 0.1) is 18.3 Å². The Morgan fingerprint density at radius 2 is 1.25 bits per heavy atom. The van der Waals surface area contributed by atoms with Gasteiger partial charge in [-0.25, -0.2) is 0 Å². The number of carbonyl (C=O) groups is 4. The predicted octanol–water partition coefficient (Wildman–Crippen LogP) is 1.25. The fraction of sp³-hybridized carbons (Fsp3) is 0.667. The van der Waals surface area contributed by atoms with Crippen LogP contribution in [0.25, 0.3) is 0 Å². The van der Waals surface area contributed by atoms with Crippen LogP contribution in [0.4, 0.5) is 0 Å². The molecule has 4 heteroatoms. The van der Waals surface area contributed by atoms with Gasteiger partial charge in [-0.15, -0.1) is 0 Å². The van der Waals surface area contributed by atoms with Crippen LogP contribution in [-0.4, -0.2) is 23.1 Å². The van der Waals surface area contributed by atoms with Gasteiger partial charge in [-0.3, -0.25) is 19.2 Å². The highest BCUT2D eigenvalue weighted by Gasteiger charge is 2.49. The third kappa shape index (κ3) is 2.43. The maximum atomic E-state index is 11.8. The third-order valence-electron chi connectivity index (χ3n) is 3.09. The number of Topliss-reactive ketones (excluding diaryl/α,β-unsaturated/α-hetero) is 4. The molecule has 88 valence electrons. The first-order valence-electron chi connectivity index (χ1n) is 5.44. The second kappa shape index (κ2) is 4.68. The van der Waals surface area contributed by atoms with Crippen molar-refractivity contribution in [1.29, 1.82) is 0 Å². The van der Waals surface area contributed by atoms with E-state index in [2.05, 4.69) is 0 Å². The second-order valence-electron chi connectivity index (χ2n) is 4.54. The molecule has 0 radical (unpaired) electrons. The highest BCUT2D eigenvalue weighted by Crippen LogP contribution is 2.44. The van der Waals surface area contributed by atoms with Crippen molar-refractivity contribution in [3.05, 3.63) is 0 Å². The second-order valence-corrected chi connectivity index (χ2v) is 4.54. The van der Waals surface area contributed by atoms with Crippen LogP contribution in [0, 0.1) is 5.41 Å². The molecule has 0 unspecified atom stereocenters. The molecule has 0 saturated heterocycles. The van der Waals surface area contributed by atoms with Crippen molar-refractivity contribution in [1.82, 2.24) is 0 Å². The molecule has 1 aliphatic carbocycles. The summed E-state index contributed by atoms with van der Waals surface area (Å²) in [5.74, 6) is -1.08. The smallest absolute Gasteiger partial charge is 0.153 e. The molecule has 0 aliphatic heterocycles. The first kappa shape index (κ1) is 12.7. The van der Waals surface area contributed by atoms with Gasteiger partial charge in [0.2, 0.25) is 0 Å². The van der Waals surface area contributed by atoms with E-state index in [1.165, 1.54) is 13.8 Å². The maximum absolute atomic E-state index is 11.8. The zero-order chi connectivity index (χ0) is 12.3. The van der Waals surface area contributed by atoms with E-state index >= 15 is 0 Å². The van der Waals surface area contributed by atoms with Crippen LogP contribution in [0.15, 0.2) is 0 Å². The number of hydrogen-bond donors (Lipinski definition) is 0. The molecule has 1 rings (SSSR count). The summed E-state index contributed by atoms with van der Waals surface area (Å²) < 4.78 is 0. The molecule has 1 saturated carbocycles. The third-order valence-corrected chi connectivity index (χ3v) is 3.09. The average molecular weight is 224 g/mol. The SMILES string of the molecule is CC(=O)CC(=O)C1(C(=O)CC(C)=O)CCC1. The lowest BCUT2D eigenvalue weighted by atomic mass is 9.61. The molecule has 1 aliphatic rings. The van der Waals surface area contributed by atoms with Crippen molar-refractivity contribution in [2.45, 2.75) is 46.0 Å². The molecule has 0 heterocycles. The fourth-order valence-corrected chi connectivity index (χ4v) is 2.03. The first-order chi connectivity index (χ1) is 7.38. The Morgan fingerprint density at radius 1 is 0.875 bits per heavy atom. The molecule has 4 nitrogen and oxygen atoms in total. The number of ketones is 4.